The van der Waals surface area contributed by atoms with E-state index in [9.17, 15) is 19.7 Å². The van der Waals surface area contributed by atoms with E-state index in [4.69, 9.17) is 9.84 Å². The van der Waals surface area contributed by atoms with Crippen molar-refractivity contribution in [2.75, 3.05) is 6.61 Å². The van der Waals surface area contributed by atoms with Crippen LogP contribution in [0.5, 0.6) is 5.75 Å². The van der Waals surface area contributed by atoms with Gasteiger partial charge in [0.15, 0.2) is 5.78 Å². The number of nitrogens with zero attached hydrogens (tertiary/aromatic N) is 1. The average Bonchev–Trinajstić information content (AvgIpc) is 2.26. The second-order valence-electron chi connectivity index (χ2n) is 3.15. The lowest BCUT2D eigenvalue weighted by Crippen LogP contribution is -2.15. The molecule has 1 aromatic rings. The third-order valence-corrected chi connectivity index (χ3v) is 1.80. The summed E-state index contributed by atoms with van der Waals surface area (Å²) in [5.74, 6) is -1.52. The second kappa shape index (κ2) is 5.59. The van der Waals surface area contributed by atoms with Gasteiger partial charge in [-0.1, -0.05) is 0 Å². The van der Waals surface area contributed by atoms with E-state index in [1.165, 1.54) is 24.3 Å². The molecule has 1 N–H and O–H groups in total. The summed E-state index contributed by atoms with van der Waals surface area (Å²) in [5.41, 5.74) is -0.0887. The molecule has 0 bridgehead atoms. The Hall–Kier alpha value is -2.44. The first-order valence-electron chi connectivity index (χ1n) is 4.60. The summed E-state index contributed by atoms with van der Waals surface area (Å²) in [6, 6.07) is 5.15. The van der Waals surface area contributed by atoms with Crippen LogP contribution in [0.3, 0.4) is 0 Å². The van der Waals surface area contributed by atoms with Crippen molar-refractivity contribution >= 4 is 17.4 Å². The number of hydrogen-bond acceptors (Lipinski definition) is 5. The van der Waals surface area contributed by atoms with Gasteiger partial charge in [0.2, 0.25) is 0 Å². The number of carbonyl (C=O) groups excluding carboxylic acids is 1. The van der Waals surface area contributed by atoms with Crippen molar-refractivity contribution in [1.29, 1.82) is 0 Å². The number of aliphatic carboxylic acids is 1. The van der Waals surface area contributed by atoms with Crippen molar-refractivity contribution in [2.45, 2.75) is 6.42 Å². The highest BCUT2D eigenvalue weighted by molar-refractivity contribution is 5.95. The number of benzene rings is 1. The molecule has 0 atom stereocenters. The standard InChI is InChI=1S/C10H9NO6/c12-8(5-10(13)14)6-17-9-3-1-7(2-4-9)11(15)16/h1-4H,5-6H2,(H,13,14). The highest BCUT2D eigenvalue weighted by Gasteiger charge is 2.09. The van der Waals surface area contributed by atoms with Gasteiger partial charge in [0, 0.05) is 12.1 Å². The van der Waals surface area contributed by atoms with E-state index >= 15 is 0 Å². The van der Waals surface area contributed by atoms with Crippen LogP contribution in [0.4, 0.5) is 5.69 Å². The minimum atomic E-state index is -1.22. The van der Waals surface area contributed by atoms with E-state index < -0.39 is 23.1 Å². The van der Waals surface area contributed by atoms with Gasteiger partial charge in [0.1, 0.15) is 18.8 Å². The quantitative estimate of drug-likeness (QED) is 0.451. The summed E-state index contributed by atoms with van der Waals surface area (Å²) in [5, 5.41) is 18.7. The Morgan fingerprint density at radius 1 is 1.29 bits per heavy atom. The molecule has 1 rings (SSSR count). The number of hydrogen-bond donors (Lipinski definition) is 1. The molecule has 7 heteroatoms. The lowest BCUT2D eigenvalue weighted by atomic mass is 10.3. The smallest absolute Gasteiger partial charge is 0.311 e. The summed E-state index contributed by atoms with van der Waals surface area (Å²) >= 11 is 0. The first-order chi connectivity index (χ1) is 7.99. The molecule has 0 spiro atoms. The van der Waals surface area contributed by atoms with Crippen molar-refractivity contribution in [3.63, 3.8) is 0 Å². The minimum absolute atomic E-state index is 0.0887. The van der Waals surface area contributed by atoms with E-state index in [1.807, 2.05) is 0 Å². The van der Waals surface area contributed by atoms with Gasteiger partial charge in [-0.2, -0.15) is 0 Å². The Bertz CT molecular complexity index is 439. The minimum Gasteiger partial charge on any atom is -0.486 e. The summed E-state index contributed by atoms with van der Waals surface area (Å²) < 4.78 is 4.97. The van der Waals surface area contributed by atoms with Gasteiger partial charge in [0.25, 0.3) is 5.69 Å². The number of non-ortho nitro benzene ring substituents is 1. The number of carboxylic acid groups (broad SMARTS) is 1. The lowest BCUT2D eigenvalue weighted by Gasteiger charge is -2.03. The lowest BCUT2D eigenvalue weighted by molar-refractivity contribution is -0.384. The number of Topliss-reactive ketones (excluding diaryl/α,β-unsaturated/α-hetero) is 1. The van der Waals surface area contributed by atoms with E-state index in [1.54, 1.807) is 0 Å². The van der Waals surface area contributed by atoms with Crippen LogP contribution < -0.4 is 4.74 Å². The third-order valence-electron chi connectivity index (χ3n) is 1.80. The fraction of sp³-hybridized carbons (Fsp3) is 0.200. The first-order valence-corrected chi connectivity index (χ1v) is 4.60. The van der Waals surface area contributed by atoms with Crippen molar-refractivity contribution in [3.8, 4) is 5.75 Å². The Morgan fingerprint density at radius 3 is 2.35 bits per heavy atom. The second-order valence-corrected chi connectivity index (χ2v) is 3.15. The molecule has 0 aromatic heterocycles. The van der Waals surface area contributed by atoms with Gasteiger partial charge in [-0.15, -0.1) is 0 Å². The Labute approximate surface area is 95.8 Å². The molecule has 0 unspecified atom stereocenters. The maximum Gasteiger partial charge on any atom is 0.311 e. The zero-order valence-electron chi connectivity index (χ0n) is 8.66. The molecule has 1 aromatic carbocycles. The molecular formula is C10H9NO6. The van der Waals surface area contributed by atoms with Crippen molar-refractivity contribution in [1.82, 2.24) is 0 Å². The first kappa shape index (κ1) is 12.6. The van der Waals surface area contributed by atoms with E-state index in [-0.39, 0.29) is 18.0 Å². The van der Waals surface area contributed by atoms with Crippen LogP contribution in [0.15, 0.2) is 24.3 Å². The Kier molecular flexibility index (Phi) is 4.15. The number of nitro groups is 1. The van der Waals surface area contributed by atoms with Gasteiger partial charge in [0.05, 0.1) is 4.92 Å². The predicted molar refractivity (Wildman–Crippen MR) is 55.9 cm³/mol. The molecular weight excluding hydrogens is 230 g/mol. The molecule has 0 aliphatic rings. The van der Waals surface area contributed by atoms with Crippen LogP contribution in [-0.4, -0.2) is 28.4 Å². The van der Waals surface area contributed by atoms with E-state index in [0.717, 1.165) is 0 Å². The molecule has 0 radical (unpaired) electrons. The van der Waals surface area contributed by atoms with Crippen LogP contribution in [0.2, 0.25) is 0 Å². The highest BCUT2D eigenvalue weighted by atomic mass is 16.6. The Balaban J connectivity index is 2.50. The molecule has 90 valence electrons. The summed E-state index contributed by atoms with van der Waals surface area (Å²) in [4.78, 5) is 31.0. The van der Waals surface area contributed by atoms with Crippen LogP contribution in [0.25, 0.3) is 0 Å². The fourth-order valence-corrected chi connectivity index (χ4v) is 1.05. The van der Waals surface area contributed by atoms with Gasteiger partial charge >= 0.3 is 5.97 Å². The third kappa shape index (κ3) is 4.29. The molecule has 0 saturated carbocycles. The molecule has 0 saturated heterocycles. The topological polar surface area (TPSA) is 107 Å². The number of nitro benzene ring substituents is 1. The number of carbonyl (C=O) groups is 2. The van der Waals surface area contributed by atoms with Crippen molar-refractivity contribution < 1.29 is 24.4 Å². The van der Waals surface area contributed by atoms with Crippen LogP contribution in [-0.2, 0) is 9.59 Å². The number of ketones is 1. The number of ether oxygens (including phenoxy) is 1. The van der Waals surface area contributed by atoms with Crippen LogP contribution >= 0.6 is 0 Å². The normalized spacial score (nSPS) is 9.65. The summed E-state index contributed by atoms with van der Waals surface area (Å²) in [6.07, 6.45) is -0.604. The zero-order chi connectivity index (χ0) is 12.8. The predicted octanol–water partition coefficient (Wildman–Crippen LogP) is 1.02. The molecule has 17 heavy (non-hydrogen) atoms. The zero-order valence-corrected chi connectivity index (χ0v) is 8.66. The molecule has 0 heterocycles. The molecule has 0 aliphatic carbocycles. The van der Waals surface area contributed by atoms with Crippen LogP contribution in [0, 0.1) is 10.1 Å². The summed E-state index contributed by atoms with van der Waals surface area (Å²) in [7, 11) is 0. The summed E-state index contributed by atoms with van der Waals surface area (Å²) in [6.45, 7) is -0.371. The fourth-order valence-electron chi connectivity index (χ4n) is 1.05. The van der Waals surface area contributed by atoms with Gasteiger partial charge in [-0.25, -0.2) is 0 Å². The molecule has 0 aliphatic heterocycles. The van der Waals surface area contributed by atoms with Crippen LogP contribution in [0.1, 0.15) is 6.42 Å². The number of rotatable bonds is 6. The molecule has 7 nitrogen and oxygen atoms in total. The van der Waals surface area contributed by atoms with E-state index in [2.05, 4.69) is 0 Å². The van der Waals surface area contributed by atoms with Crippen molar-refractivity contribution in [2.24, 2.45) is 0 Å². The van der Waals surface area contributed by atoms with Gasteiger partial charge < -0.3 is 9.84 Å². The van der Waals surface area contributed by atoms with Gasteiger partial charge in [-0.3, -0.25) is 19.7 Å². The largest absolute Gasteiger partial charge is 0.486 e. The highest BCUT2D eigenvalue weighted by Crippen LogP contribution is 2.17. The van der Waals surface area contributed by atoms with E-state index in [0.29, 0.717) is 0 Å². The SMILES string of the molecule is O=C(O)CC(=O)COc1ccc([N+](=O)[O-])cc1. The number of carboxylic acids is 1. The Morgan fingerprint density at radius 2 is 1.88 bits per heavy atom. The van der Waals surface area contributed by atoms with Gasteiger partial charge in [-0.05, 0) is 12.1 Å². The monoisotopic (exact) mass is 239 g/mol. The maximum atomic E-state index is 11.0. The average molecular weight is 239 g/mol. The molecule has 0 fully saturated rings. The molecule has 0 amide bonds. The van der Waals surface area contributed by atoms with Crippen molar-refractivity contribution in [3.05, 3.63) is 34.4 Å². The maximum absolute atomic E-state index is 11.0.